The van der Waals surface area contributed by atoms with Crippen molar-refractivity contribution in [2.75, 3.05) is 20.2 Å². The van der Waals surface area contributed by atoms with Crippen LogP contribution < -0.4 is 4.74 Å². The summed E-state index contributed by atoms with van der Waals surface area (Å²) in [5.41, 5.74) is 2.81. The van der Waals surface area contributed by atoms with Gasteiger partial charge in [-0.15, -0.1) is 10.2 Å². The fourth-order valence-corrected chi connectivity index (χ4v) is 5.33. The number of aryl methyl sites for hydroxylation is 1. The molecule has 0 N–H and O–H groups in total. The molecule has 0 atom stereocenters. The molecule has 0 aliphatic rings. The predicted octanol–water partition coefficient (Wildman–Crippen LogP) is 3.37. The van der Waals surface area contributed by atoms with Gasteiger partial charge in [0.15, 0.2) is 10.8 Å². The highest BCUT2D eigenvalue weighted by molar-refractivity contribution is 7.98. The molecule has 0 spiro atoms. The van der Waals surface area contributed by atoms with Gasteiger partial charge in [0.2, 0.25) is 10.0 Å². The van der Waals surface area contributed by atoms with Gasteiger partial charge in [-0.1, -0.05) is 43.3 Å². The molecule has 1 aromatic carbocycles. The van der Waals surface area contributed by atoms with Gasteiger partial charge in [0.1, 0.15) is 5.75 Å². The van der Waals surface area contributed by atoms with E-state index in [2.05, 4.69) is 16.3 Å². The Bertz CT molecular complexity index is 1080. The third-order valence-electron chi connectivity index (χ3n) is 4.48. The summed E-state index contributed by atoms with van der Waals surface area (Å²) in [6.07, 6.45) is 1.60. The maximum atomic E-state index is 12.8. The second-order valence-electron chi connectivity index (χ2n) is 6.27. The number of benzene rings is 1. The van der Waals surface area contributed by atoms with Gasteiger partial charge in [-0.3, -0.25) is 4.40 Å². The monoisotopic (exact) mass is 420 g/mol. The minimum atomic E-state index is -3.54. The molecule has 0 unspecified atom stereocenters. The van der Waals surface area contributed by atoms with Crippen molar-refractivity contribution in [2.24, 2.45) is 0 Å². The number of sulfonamides is 1. The van der Waals surface area contributed by atoms with E-state index < -0.39 is 10.0 Å². The summed E-state index contributed by atoms with van der Waals surface area (Å²) in [4.78, 5) is 0.235. The number of aromatic nitrogens is 3. The maximum Gasteiger partial charge on any atom is 0.244 e. The number of hydrogen-bond acceptors (Lipinski definition) is 6. The number of rotatable bonds is 8. The number of fused-ring (bicyclic) bond motifs is 1. The normalized spacial score (nSPS) is 12.0. The molecule has 28 heavy (non-hydrogen) atoms. The number of thioether (sulfide) groups is 1. The van der Waals surface area contributed by atoms with E-state index in [0.29, 0.717) is 29.6 Å². The minimum absolute atomic E-state index is 0.235. The van der Waals surface area contributed by atoms with E-state index >= 15 is 0 Å². The summed E-state index contributed by atoms with van der Waals surface area (Å²) >= 11 is 1.49. The van der Waals surface area contributed by atoms with Gasteiger partial charge in [0.05, 0.1) is 12.0 Å². The maximum absolute atomic E-state index is 12.8. The Balaban J connectivity index is 1.92. The molecule has 9 heteroatoms. The fourth-order valence-electron chi connectivity index (χ4n) is 2.98. The van der Waals surface area contributed by atoms with Crippen LogP contribution in [0.3, 0.4) is 0 Å². The summed E-state index contributed by atoms with van der Waals surface area (Å²) < 4.78 is 34.2. The number of ether oxygens (including phenoxy) is 1. The molecule has 0 aliphatic heterocycles. The number of hydrogen-bond donors (Lipinski definition) is 0. The standard InChI is InChI=1S/C19H24N4O3S2/c1-5-22(6-2)28(24,25)16-8-10-18-20-21-19(23(18)12-16)27-13-15-11-14(3)7-9-17(15)26-4/h7-12H,5-6,13H2,1-4H3. The summed E-state index contributed by atoms with van der Waals surface area (Å²) in [7, 11) is -1.89. The van der Waals surface area contributed by atoms with Crippen LogP contribution in [0, 0.1) is 6.92 Å². The molecule has 0 aliphatic carbocycles. The van der Waals surface area contributed by atoms with Crippen LogP contribution in [0.25, 0.3) is 5.65 Å². The van der Waals surface area contributed by atoms with Crippen LogP contribution in [-0.2, 0) is 15.8 Å². The van der Waals surface area contributed by atoms with Gasteiger partial charge in [0, 0.05) is 30.6 Å². The fraction of sp³-hybridized carbons (Fsp3) is 0.368. The largest absolute Gasteiger partial charge is 0.496 e. The Kier molecular flexibility index (Phi) is 6.26. The first-order valence-corrected chi connectivity index (χ1v) is 11.4. The topological polar surface area (TPSA) is 76.8 Å². The van der Waals surface area contributed by atoms with Crippen molar-refractivity contribution in [3.05, 3.63) is 47.7 Å². The molecule has 0 saturated heterocycles. The van der Waals surface area contributed by atoms with E-state index in [9.17, 15) is 8.42 Å². The van der Waals surface area contributed by atoms with Gasteiger partial charge < -0.3 is 4.74 Å². The van der Waals surface area contributed by atoms with Crippen LogP contribution in [0.1, 0.15) is 25.0 Å². The lowest BCUT2D eigenvalue weighted by molar-refractivity contribution is 0.411. The SMILES string of the molecule is CCN(CC)S(=O)(=O)c1ccc2nnc(SCc3cc(C)ccc3OC)n2c1. The second-order valence-corrected chi connectivity index (χ2v) is 9.15. The lowest BCUT2D eigenvalue weighted by atomic mass is 10.1. The first kappa shape index (κ1) is 20.6. The Morgan fingerprint density at radius 1 is 1.14 bits per heavy atom. The molecular formula is C19H24N4O3S2. The Labute approximate surface area is 169 Å². The first-order valence-electron chi connectivity index (χ1n) is 9.02. The number of pyridine rings is 1. The van der Waals surface area contributed by atoms with Gasteiger partial charge in [-0.05, 0) is 25.1 Å². The molecule has 150 valence electrons. The summed E-state index contributed by atoms with van der Waals surface area (Å²) in [6.45, 7) is 6.54. The third-order valence-corrected chi connectivity index (χ3v) is 7.51. The summed E-state index contributed by atoms with van der Waals surface area (Å²) in [6, 6.07) is 9.29. The highest BCUT2D eigenvalue weighted by Crippen LogP contribution is 2.29. The van der Waals surface area contributed by atoms with E-state index in [4.69, 9.17) is 4.74 Å². The minimum Gasteiger partial charge on any atom is -0.496 e. The van der Waals surface area contributed by atoms with E-state index in [1.165, 1.54) is 16.1 Å². The molecule has 3 rings (SSSR count). The van der Waals surface area contributed by atoms with Crippen LogP contribution in [-0.4, -0.2) is 47.5 Å². The Hall–Kier alpha value is -2.10. The third kappa shape index (κ3) is 4.01. The summed E-state index contributed by atoms with van der Waals surface area (Å²) in [5.74, 6) is 1.45. The van der Waals surface area contributed by atoms with Gasteiger partial charge in [0.25, 0.3) is 0 Å². The Morgan fingerprint density at radius 3 is 2.57 bits per heavy atom. The van der Waals surface area contributed by atoms with Crippen LogP contribution in [0.2, 0.25) is 0 Å². The quantitative estimate of drug-likeness (QED) is 0.520. The molecule has 2 heterocycles. The van der Waals surface area contributed by atoms with Crippen molar-refractivity contribution in [3.63, 3.8) is 0 Å². The van der Waals surface area contributed by atoms with Crippen molar-refractivity contribution in [2.45, 2.75) is 36.6 Å². The van der Waals surface area contributed by atoms with Crippen LogP contribution in [0.4, 0.5) is 0 Å². The van der Waals surface area contributed by atoms with Gasteiger partial charge >= 0.3 is 0 Å². The van der Waals surface area contributed by atoms with Crippen LogP contribution >= 0.6 is 11.8 Å². The molecular weight excluding hydrogens is 396 g/mol. The van der Waals surface area contributed by atoms with Crippen molar-refractivity contribution >= 4 is 27.4 Å². The van der Waals surface area contributed by atoms with Crippen molar-refractivity contribution in [1.29, 1.82) is 0 Å². The van der Waals surface area contributed by atoms with Crippen molar-refractivity contribution < 1.29 is 13.2 Å². The predicted molar refractivity (Wildman–Crippen MR) is 110 cm³/mol. The van der Waals surface area contributed by atoms with E-state index in [1.807, 2.05) is 32.9 Å². The molecule has 0 radical (unpaired) electrons. The molecule has 2 aromatic heterocycles. The van der Waals surface area contributed by atoms with E-state index in [1.54, 1.807) is 29.8 Å². The lowest BCUT2D eigenvalue weighted by Gasteiger charge is -2.18. The second kappa shape index (κ2) is 8.50. The van der Waals surface area contributed by atoms with Gasteiger partial charge in [-0.25, -0.2) is 8.42 Å². The molecule has 7 nitrogen and oxygen atoms in total. The molecule has 0 bridgehead atoms. The van der Waals surface area contributed by atoms with Gasteiger partial charge in [-0.2, -0.15) is 4.31 Å². The first-order chi connectivity index (χ1) is 13.4. The smallest absolute Gasteiger partial charge is 0.244 e. The number of methoxy groups -OCH3 is 1. The van der Waals surface area contributed by atoms with E-state index in [-0.39, 0.29) is 4.90 Å². The molecule has 0 saturated carbocycles. The molecule has 3 aromatic rings. The highest BCUT2D eigenvalue weighted by atomic mass is 32.2. The number of nitrogens with zero attached hydrogens (tertiary/aromatic N) is 4. The Morgan fingerprint density at radius 2 is 1.89 bits per heavy atom. The van der Waals surface area contributed by atoms with E-state index in [0.717, 1.165) is 16.9 Å². The average molecular weight is 421 g/mol. The summed E-state index contributed by atoms with van der Waals surface area (Å²) in [5, 5.41) is 9.01. The van der Waals surface area contributed by atoms with Crippen molar-refractivity contribution in [3.8, 4) is 5.75 Å². The van der Waals surface area contributed by atoms with Crippen LogP contribution in [0.5, 0.6) is 5.75 Å². The van der Waals surface area contributed by atoms with Crippen molar-refractivity contribution in [1.82, 2.24) is 18.9 Å². The highest BCUT2D eigenvalue weighted by Gasteiger charge is 2.22. The zero-order chi connectivity index (χ0) is 20.3. The zero-order valence-electron chi connectivity index (χ0n) is 16.4. The lowest BCUT2D eigenvalue weighted by Crippen LogP contribution is -2.30. The average Bonchev–Trinajstić information content (AvgIpc) is 3.09. The zero-order valence-corrected chi connectivity index (χ0v) is 18.0. The molecule has 0 amide bonds. The molecule has 0 fully saturated rings. The van der Waals surface area contributed by atoms with Crippen LogP contribution in [0.15, 0.2) is 46.6 Å².